The lowest BCUT2D eigenvalue weighted by Crippen LogP contribution is -2.35. The van der Waals surface area contributed by atoms with Crippen molar-refractivity contribution in [2.24, 2.45) is 0 Å². The van der Waals surface area contributed by atoms with Gasteiger partial charge < -0.3 is 14.8 Å². The highest BCUT2D eigenvalue weighted by Crippen LogP contribution is 2.27. The second-order valence-electron chi connectivity index (χ2n) is 6.99. The monoisotopic (exact) mass is 424 g/mol. The summed E-state index contributed by atoms with van der Waals surface area (Å²) in [5.74, 6) is 0.541. The molecule has 4 aromatic rings. The SMILES string of the molecule is COc1ccc(CCNC(=O)Cn2ncn3c(cc4cc(F)ccc43)c2=O)cc1OC. The van der Waals surface area contributed by atoms with Crippen LogP contribution in [0.15, 0.2) is 53.6 Å². The summed E-state index contributed by atoms with van der Waals surface area (Å²) in [5.41, 5.74) is 1.55. The van der Waals surface area contributed by atoms with Crippen molar-refractivity contribution in [2.75, 3.05) is 20.8 Å². The molecule has 0 spiro atoms. The highest BCUT2D eigenvalue weighted by atomic mass is 19.1. The largest absolute Gasteiger partial charge is 0.493 e. The third-order valence-electron chi connectivity index (χ3n) is 5.04. The van der Waals surface area contributed by atoms with E-state index in [2.05, 4.69) is 10.4 Å². The summed E-state index contributed by atoms with van der Waals surface area (Å²) in [4.78, 5) is 25.0. The zero-order valence-electron chi connectivity index (χ0n) is 17.1. The van der Waals surface area contributed by atoms with Crippen molar-refractivity contribution in [1.82, 2.24) is 19.5 Å². The predicted octanol–water partition coefficient (Wildman–Crippen LogP) is 2.16. The van der Waals surface area contributed by atoms with Crippen LogP contribution in [0.4, 0.5) is 4.39 Å². The molecule has 0 saturated heterocycles. The standard InChI is InChI=1S/C22H21FN4O4/c1-30-19-6-3-14(9-20(19)31-2)7-8-24-21(28)12-27-22(29)18-11-15-10-16(23)4-5-17(15)26(18)13-25-27/h3-6,9-11,13H,7-8,12H2,1-2H3,(H,24,28). The van der Waals surface area contributed by atoms with Gasteiger partial charge in [-0.25, -0.2) is 9.07 Å². The fourth-order valence-electron chi connectivity index (χ4n) is 3.48. The molecule has 0 saturated carbocycles. The van der Waals surface area contributed by atoms with Gasteiger partial charge in [-0.1, -0.05) is 6.07 Å². The van der Waals surface area contributed by atoms with Crippen LogP contribution in [-0.2, 0) is 17.8 Å². The van der Waals surface area contributed by atoms with E-state index in [0.29, 0.717) is 40.9 Å². The number of halogens is 1. The first kappa shape index (κ1) is 20.4. The molecule has 0 fully saturated rings. The van der Waals surface area contributed by atoms with Crippen LogP contribution in [0, 0.1) is 5.82 Å². The average Bonchev–Trinajstić information content (AvgIpc) is 3.14. The summed E-state index contributed by atoms with van der Waals surface area (Å²) < 4.78 is 26.6. The Labute approximate surface area is 176 Å². The molecule has 2 heterocycles. The summed E-state index contributed by atoms with van der Waals surface area (Å²) in [6.07, 6.45) is 2.04. The Hall–Kier alpha value is -3.88. The molecule has 2 aromatic heterocycles. The highest BCUT2D eigenvalue weighted by molar-refractivity contribution is 5.86. The predicted molar refractivity (Wildman–Crippen MR) is 113 cm³/mol. The number of hydrogen-bond donors (Lipinski definition) is 1. The van der Waals surface area contributed by atoms with Crippen molar-refractivity contribution < 1.29 is 18.7 Å². The molecule has 31 heavy (non-hydrogen) atoms. The molecule has 0 aliphatic heterocycles. The Balaban J connectivity index is 1.43. The third kappa shape index (κ3) is 4.07. The number of ether oxygens (including phenoxy) is 2. The number of benzene rings is 2. The van der Waals surface area contributed by atoms with Gasteiger partial charge in [-0.05, 0) is 48.4 Å². The van der Waals surface area contributed by atoms with Gasteiger partial charge in [-0.2, -0.15) is 5.10 Å². The van der Waals surface area contributed by atoms with Crippen LogP contribution < -0.4 is 20.3 Å². The maximum Gasteiger partial charge on any atom is 0.291 e. The molecule has 8 nitrogen and oxygen atoms in total. The number of fused-ring (bicyclic) bond motifs is 3. The van der Waals surface area contributed by atoms with Crippen LogP contribution in [0.25, 0.3) is 16.4 Å². The Morgan fingerprint density at radius 1 is 1.06 bits per heavy atom. The maximum atomic E-state index is 13.5. The normalized spacial score (nSPS) is 11.1. The number of rotatable bonds is 7. The van der Waals surface area contributed by atoms with Gasteiger partial charge in [0.05, 0.1) is 19.7 Å². The van der Waals surface area contributed by atoms with E-state index < -0.39 is 5.56 Å². The van der Waals surface area contributed by atoms with Gasteiger partial charge in [0.25, 0.3) is 5.56 Å². The summed E-state index contributed by atoms with van der Waals surface area (Å²) >= 11 is 0. The lowest BCUT2D eigenvalue weighted by Gasteiger charge is -2.10. The van der Waals surface area contributed by atoms with Gasteiger partial charge in [0.1, 0.15) is 24.2 Å². The van der Waals surface area contributed by atoms with E-state index >= 15 is 0 Å². The maximum absolute atomic E-state index is 13.5. The number of hydrogen-bond acceptors (Lipinski definition) is 5. The quantitative estimate of drug-likeness (QED) is 0.491. The zero-order chi connectivity index (χ0) is 22.0. The van der Waals surface area contributed by atoms with Gasteiger partial charge >= 0.3 is 0 Å². The molecule has 1 amide bonds. The number of carbonyl (C=O) groups excluding carboxylic acids is 1. The van der Waals surface area contributed by atoms with Crippen molar-refractivity contribution in [1.29, 1.82) is 0 Å². The minimum absolute atomic E-state index is 0.211. The van der Waals surface area contributed by atoms with Crippen molar-refractivity contribution in [3.05, 3.63) is 70.5 Å². The van der Waals surface area contributed by atoms with Crippen LogP contribution in [0.2, 0.25) is 0 Å². The molecule has 0 unspecified atom stereocenters. The van der Waals surface area contributed by atoms with E-state index in [-0.39, 0.29) is 18.3 Å². The Morgan fingerprint density at radius 2 is 1.87 bits per heavy atom. The Bertz CT molecular complexity index is 1330. The number of nitrogens with one attached hydrogen (secondary N) is 1. The zero-order valence-corrected chi connectivity index (χ0v) is 17.1. The van der Waals surface area contributed by atoms with E-state index in [0.717, 1.165) is 10.2 Å². The molecular weight excluding hydrogens is 403 g/mol. The highest BCUT2D eigenvalue weighted by Gasteiger charge is 2.12. The third-order valence-corrected chi connectivity index (χ3v) is 5.04. The second kappa shape index (κ2) is 8.47. The molecule has 0 atom stereocenters. The molecule has 160 valence electrons. The lowest BCUT2D eigenvalue weighted by atomic mass is 10.1. The van der Waals surface area contributed by atoms with Crippen molar-refractivity contribution in [2.45, 2.75) is 13.0 Å². The Morgan fingerprint density at radius 3 is 2.65 bits per heavy atom. The van der Waals surface area contributed by atoms with E-state index in [4.69, 9.17) is 9.47 Å². The van der Waals surface area contributed by atoms with Gasteiger partial charge in [0, 0.05) is 11.9 Å². The molecule has 0 aliphatic rings. The summed E-state index contributed by atoms with van der Waals surface area (Å²) in [6.45, 7) is 0.177. The van der Waals surface area contributed by atoms with E-state index in [9.17, 15) is 14.0 Å². The van der Waals surface area contributed by atoms with Gasteiger partial charge in [-0.3, -0.25) is 14.0 Å². The molecule has 0 bridgehead atoms. The number of aromatic nitrogens is 3. The van der Waals surface area contributed by atoms with Crippen molar-refractivity contribution in [3.8, 4) is 11.5 Å². The number of amides is 1. The molecule has 9 heteroatoms. The van der Waals surface area contributed by atoms with Crippen LogP contribution in [0.3, 0.4) is 0 Å². The van der Waals surface area contributed by atoms with Crippen LogP contribution >= 0.6 is 0 Å². The number of methoxy groups -OCH3 is 2. The summed E-state index contributed by atoms with van der Waals surface area (Å²) in [6, 6.07) is 11.4. The second-order valence-corrected chi connectivity index (χ2v) is 6.99. The fourth-order valence-corrected chi connectivity index (χ4v) is 3.48. The fraction of sp³-hybridized carbons (Fsp3) is 0.227. The molecule has 2 aromatic carbocycles. The number of carbonyl (C=O) groups is 1. The first-order chi connectivity index (χ1) is 15.0. The van der Waals surface area contributed by atoms with Crippen LogP contribution in [0.1, 0.15) is 5.56 Å². The Kier molecular flexibility index (Phi) is 5.57. The molecule has 1 N–H and O–H groups in total. The van der Waals surface area contributed by atoms with E-state index in [1.165, 1.54) is 18.5 Å². The molecule has 0 aliphatic carbocycles. The van der Waals surface area contributed by atoms with Gasteiger partial charge in [0.2, 0.25) is 5.91 Å². The topological polar surface area (TPSA) is 86.9 Å². The summed E-state index contributed by atoms with van der Waals surface area (Å²) in [5, 5.41) is 7.46. The number of nitrogens with zero attached hydrogens (tertiary/aromatic N) is 3. The minimum atomic E-state index is -0.422. The first-order valence-electron chi connectivity index (χ1n) is 9.64. The minimum Gasteiger partial charge on any atom is -0.493 e. The smallest absolute Gasteiger partial charge is 0.291 e. The van der Waals surface area contributed by atoms with E-state index in [1.54, 1.807) is 30.8 Å². The van der Waals surface area contributed by atoms with Crippen LogP contribution in [0.5, 0.6) is 11.5 Å². The first-order valence-corrected chi connectivity index (χ1v) is 9.64. The molecule has 4 rings (SSSR count). The van der Waals surface area contributed by atoms with Crippen molar-refractivity contribution >= 4 is 22.3 Å². The van der Waals surface area contributed by atoms with Crippen LogP contribution in [-0.4, -0.2) is 40.9 Å². The van der Waals surface area contributed by atoms with Gasteiger partial charge in [0.15, 0.2) is 11.5 Å². The molecule has 0 radical (unpaired) electrons. The average molecular weight is 424 g/mol. The summed E-state index contributed by atoms with van der Waals surface area (Å²) in [7, 11) is 3.13. The lowest BCUT2D eigenvalue weighted by molar-refractivity contribution is -0.121. The van der Waals surface area contributed by atoms with Gasteiger partial charge in [-0.15, -0.1) is 0 Å². The molecular formula is C22H21FN4O4. The van der Waals surface area contributed by atoms with E-state index in [1.807, 2.05) is 18.2 Å². The van der Waals surface area contributed by atoms with Crippen molar-refractivity contribution in [3.63, 3.8) is 0 Å².